The number of sulfonamides is 1. The van der Waals surface area contributed by atoms with Crippen molar-refractivity contribution in [3.8, 4) is 0 Å². The first-order valence-electron chi connectivity index (χ1n) is 12.1. The molecule has 0 bridgehead atoms. The summed E-state index contributed by atoms with van der Waals surface area (Å²) in [5.74, 6) is -1.04. The van der Waals surface area contributed by atoms with Crippen molar-refractivity contribution in [2.75, 3.05) is 10.8 Å². The highest BCUT2D eigenvalue weighted by atomic mass is 35.5. The third-order valence-electron chi connectivity index (χ3n) is 5.78. The summed E-state index contributed by atoms with van der Waals surface area (Å²) in [5.41, 5.74) is 0.112. The van der Waals surface area contributed by atoms with Gasteiger partial charge >= 0.3 is 0 Å². The number of anilines is 1. The van der Waals surface area contributed by atoms with E-state index in [2.05, 4.69) is 5.32 Å². The van der Waals surface area contributed by atoms with Gasteiger partial charge in [0.15, 0.2) is 0 Å². The molecular weight excluding hydrogens is 581 g/mol. The fourth-order valence-electron chi connectivity index (χ4n) is 3.77. The number of carbonyl (C=O) groups excluding carboxylic acids is 2. The van der Waals surface area contributed by atoms with Gasteiger partial charge in [-0.3, -0.25) is 13.9 Å². The van der Waals surface area contributed by atoms with Crippen molar-refractivity contribution in [2.45, 2.75) is 50.7 Å². The van der Waals surface area contributed by atoms with Crippen LogP contribution in [-0.2, 0) is 26.2 Å². The molecule has 1 N–H and O–H groups in total. The van der Waals surface area contributed by atoms with Crippen LogP contribution in [0.15, 0.2) is 77.7 Å². The van der Waals surface area contributed by atoms with Crippen LogP contribution >= 0.6 is 34.8 Å². The van der Waals surface area contributed by atoms with E-state index in [9.17, 15) is 18.0 Å². The number of hydrogen-bond acceptors (Lipinski definition) is 4. The zero-order chi connectivity index (χ0) is 29.0. The Morgan fingerprint density at radius 2 is 1.44 bits per heavy atom. The standard InChI is InChI=1S/C28H30Cl3N3O4S/c1-19(27(36)32-28(2,3)4)33(17-23-24(30)11-8-12-25(23)31)26(35)18-34(21-15-13-20(29)14-16-21)39(37,38)22-9-6-5-7-10-22/h5-16,19H,17-18H2,1-4H3,(H,32,36). The summed E-state index contributed by atoms with van der Waals surface area (Å²) in [6, 6.07) is 17.8. The van der Waals surface area contributed by atoms with E-state index in [0.717, 1.165) is 4.31 Å². The quantitative estimate of drug-likeness (QED) is 0.314. The van der Waals surface area contributed by atoms with Crippen molar-refractivity contribution in [1.82, 2.24) is 10.2 Å². The number of hydrogen-bond donors (Lipinski definition) is 1. The third-order valence-corrected chi connectivity index (χ3v) is 8.53. The molecule has 0 aliphatic carbocycles. The van der Waals surface area contributed by atoms with Crippen LogP contribution < -0.4 is 9.62 Å². The monoisotopic (exact) mass is 609 g/mol. The average molecular weight is 611 g/mol. The number of nitrogens with one attached hydrogen (secondary N) is 1. The summed E-state index contributed by atoms with van der Waals surface area (Å²) in [7, 11) is -4.17. The van der Waals surface area contributed by atoms with E-state index in [1.54, 1.807) is 43.3 Å². The van der Waals surface area contributed by atoms with Crippen molar-refractivity contribution in [3.05, 3.63) is 93.4 Å². The van der Waals surface area contributed by atoms with Gasteiger partial charge in [-0.2, -0.15) is 0 Å². The van der Waals surface area contributed by atoms with E-state index in [0.29, 0.717) is 20.6 Å². The molecule has 0 aromatic heterocycles. The van der Waals surface area contributed by atoms with Gasteiger partial charge in [-0.15, -0.1) is 0 Å². The first-order valence-corrected chi connectivity index (χ1v) is 14.7. The molecule has 0 saturated carbocycles. The molecular formula is C28H30Cl3N3O4S. The smallest absolute Gasteiger partial charge is 0.264 e. The van der Waals surface area contributed by atoms with E-state index >= 15 is 0 Å². The second kappa shape index (κ2) is 12.6. The lowest BCUT2D eigenvalue weighted by Gasteiger charge is -2.33. The van der Waals surface area contributed by atoms with Crippen LogP contribution in [0.5, 0.6) is 0 Å². The summed E-state index contributed by atoms with van der Waals surface area (Å²) in [6.07, 6.45) is 0. The molecule has 7 nitrogen and oxygen atoms in total. The highest BCUT2D eigenvalue weighted by Gasteiger charge is 2.34. The lowest BCUT2D eigenvalue weighted by atomic mass is 10.1. The Balaban J connectivity index is 2.06. The summed E-state index contributed by atoms with van der Waals surface area (Å²) >= 11 is 18.8. The van der Waals surface area contributed by atoms with Gasteiger partial charge in [0.05, 0.1) is 10.6 Å². The number of amides is 2. The maximum atomic E-state index is 13.9. The fourth-order valence-corrected chi connectivity index (χ4v) is 5.84. The van der Waals surface area contributed by atoms with Crippen LogP contribution in [0.2, 0.25) is 15.1 Å². The van der Waals surface area contributed by atoms with Gasteiger partial charge in [-0.25, -0.2) is 8.42 Å². The molecule has 0 aliphatic rings. The molecule has 1 unspecified atom stereocenters. The molecule has 0 heterocycles. The van der Waals surface area contributed by atoms with E-state index in [1.807, 2.05) is 20.8 Å². The number of benzene rings is 3. The Kier molecular flexibility index (Phi) is 9.93. The minimum Gasteiger partial charge on any atom is -0.350 e. The zero-order valence-electron chi connectivity index (χ0n) is 22.0. The Hall–Kier alpha value is -2.78. The molecule has 0 fully saturated rings. The molecule has 2 amide bonds. The molecule has 3 aromatic rings. The van der Waals surface area contributed by atoms with E-state index in [-0.39, 0.29) is 17.1 Å². The minimum absolute atomic E-state index is 0.00646. The van der Waals surface area contributed by atoms with Crippen molar-refractivity contribution >= 4 is 62.3 Å². The van der Waals surface area contributed by atoms with E-state index in [1.165, 1.54) is 41.3 Å². The lowest BCUT2D eigenvalue weighted by Crippen LogP contribution is -2.54. The molecule has 0 radical (unpaired) electrons. The molecule has 11 heteroatoms. The van der Waals surface area contributed by atoms with E-state index < -0.39 is 40.0 Å². The predicted octanol–water partition coefficient (Wildman–Crippen LogP) is 6.17. The average Bonchev–Trinajstić information content (AvgIpc) is 2.86. The Morgan fingerprint density at radius 1 is 0.872 bits per heavy atom. The highest BCUT2D eigenvalue weighted by molar-refractivity contribution is 7.92. The Morgan fingerprint density at radius 3 is 1.97 bits per heavy atom. The second-order valence-electron chi connectivity index (χ2n) is 9.94. The molecule has 0 spiro atoms. The SMILES string of the molecule is CC(C(=O)NC(C)(C)C)N(Cc1c(Cl)cccc1Cl)C(=O)CN(c1ccc(Cl)cc1)S(=O)(=O)c1ccccc1. The number of rotatable bonds is 9. The van der Waals surface area contributed by atoms with Crippen molar-refractivity contribution in [2.24, 2.45) is 0 Å². The second-order valence-corrected chi connectivity index (χ2v) is 13.1. The maximum Gasteiger partial charge on any atom is 0.264 e. The zero-order valence-corrected chi connectivity index (χ0v) is 25.1. The lowest BCUT2D eigenvalue weighted by molar-refractivity contribution is -0.140. The number of carbonyl (C=O) groups is 2. The summed E-state index contributed by atoms with van der Waals surface area (Å²) < 4.78 is 28.5. The highest BCUT2D eigenvalue weighted by Crippen LogP contribution is 2.29. The fraction of sp³-hybridized carbons (Fsp3) is 0.286. The Labute approximate surface area is 244 Å². The van der Waals surface area contributed by atoms with Gasteiger partial charge in [0.2, 0.25) is 11.8 Å². The molecule has 3 aromatic carbocycles. The van der Waals surface area contributed by atoms with Crippen LogP contribution in [0.1, 0.15) is 33.3 Å². The molecule has 39 heavy (non-hydrogen) atoms. The van der Waals surface area contributed by atoms with Gasteiger partial charge in [0.25, 0.3) is 10.0 Å². The molecule has 0 aliphatic heterocycles. The van der Waals surface area contributed by atoms with Crippen molar-refractivity contribution < 1.29 is 18.0 Å². The molecule has 0 saturated heterocycles. The third kappa shape index (κ3) is 7.88. The van der Waals surface area contributed by atoms with Crippen molar-refractivity contribution in [1.29, 1.82) is 0 Å². The van der Waals surface area contributed by atoms with Gasteiger partial charge in [0.1, 0.15) is 12.6 Å². The predicted molar refractivity (Wildman–Crippen MR) is 157 cm³/mol. The van der Waals surface area contributed by atoms with Gasteiger partial charge in [-0.05, 0) is 76.2 Å². The topological polar surface area (TPSA) is 86.8 Å². The normalized spacial score (nSPS) is 12.5. The first-order chi connectivity index (χ1) is 18.2. The molecule has 3 rings (SSSR count). The molecule has 208 valence electrons. The summed E-state index contributed by atoms with van der Waals surface area (Å²) in [6.45, 7) is 6.34. The van der Waals surface area contributed by atoms with Crippen LogP contribution in [0.25, 0.3) is 0 Å². The van der Waals surface area contributed by atoms with Gasteiger partial charge in [0, 0.05) is 32.7 Å². The largest absolute Gasteiger partial charge is 0.350 e. The number of nitrogens with zero attached hydrogens (tertiary/aromatic N) is 2. The maximum absolute atomic E-state index is 13.9. The van der Waals surface area contributed by atoms with Crippen LogP contribution in [0, 0.1) is 0 Å². The van der Waals surface area contributed by atoms with Gasteiger partial charge < -0.3 is 10.2 Å². The van der Waals surface area contributed by atoms with Gasteiger partial charge in [-0.1, -0.05) is 59.1 Å². The summed E-state index contributed by atoms with van der Waals surface area (Å²) in [4.78, 5) is 28.4. The Bertz CT molecular complexity index is 1410. The van der Waals surface area contributed by atoms with Crippen LogP contribution in [0.3, 0.4) is 0 Å². The van der Waals surface area contributed by atoms with Crippen LogP contribution in [0.4, 0.5) is 5.69 Å². The molecule has 1 atom stereocenters. The first kappa shape index (κ1) is 30.8. The number of halogens is 3. The minimum atomic E-state index is -4.17. The van der Waals surface area contributed by atoms with Crippen LogP contribution in [-0.4, -0.2) is 43.3 Å². The van der Waals surface area contributed by atoms with Crippen molar-refractivity contribution in [3.63, 3.8) is 0 Å². The van der Waals surface area contributed by atoms with E-state index in [4.69, 9.17) is 34.8 Å². The summed E-state index contributed by atoms with van der Waals surface area (Å²) in [5, 5.41) is 3.91.